The third kappa shape index (κ3) is 4.86. The zero-order chi connectivity index (χ0) is 25.8. The third-order valence-corrected chi connectivity index (χ3v) is 7.25. The Morgan fingerprint density at radius 1 is 1.08 bits per heavy atom. The number of benzene rings is 2. The normalized spacial score (nSPS) is 15.4. The highest BCUT2D eigenvalue weighted by atomic mass is 32.1. The number of hydrogen-bond donors (Lipinski definition) is 0. The summed E-state index contributed by atoms with van der Waals surface area (Å²) in [5, 5.41) is 0. The van der Waals surface area contributed by atoms with Gasteiger partial charge < -0.3 is 14.4 Å². The van der Waals surface area contributed by atoms with Crippen LogP contribution in [0.2, 0.25) is 0 Å². The Morgan fingerprint density at radius 2 is 1.75 bits per heavy atom. The van der Waals surface area contributed by atoms with Crippen molar-refractivity contribution in [2.45, 2.75) is 33.7 Å². The van der Waals surface area contributed by atoms with Crippen LogP contribution in [0.3, 0.4) is 0 Å². The van der Waals surface area contributed by atoms with Gasteiger partial charge in [0.15, 0.2) is 4.80 Å². The topological polar surface area (TPSA) is 73.1 Å². The van der Waals surface area contributed by atoms with Crippen molar-refractivity contribution in [3.63, 3.8) is 0 Å². The van der Waals surface area contributed by atoms with E-state index in [1.54, 1.807) is 25.5 Å². The summed E-state index contributed by atoms with van der Waals surface area (Å²) < 4.78 is 12.8. The second-order valence-electron chi connectivity index (χ2n) is 8.34. The molecule has 0 aliphatic carbocycles. The summed E-state index contributed by atoms with van der Waals surface area (Å²) in [5.41, 5.74) is 3.55. The number of anilines is 1. The first-order valence-corrected chi connectivity index (χ1v) is 12.9. The Morgan fingerprint density at radius 3 is 2.33 bits per heavy atom. The molecule has 8 heteroatoms. The molecule has 1 aliphatic heterocycles. The Labute approximate surface area is 214 Å². The molecule has 0 radical (unpaired) electrons. The molecule has 2 aromatic carbocycles. The first-order chi connectivity index (χ1) is 17.4. The second kappa shape index (κ2) is 11.0. The van der Waals surface area contributed by atoms with Gasteiger partial charge in [-0.25, -0.2) is 9.79 Å². The first-order valence-electron chi connectivity index (χ1n) is 12.1. The average molecular weight is 506 g/mol. The number of hydrogen-bond acceptors (Lipinski definition) is 7. The minimum absolute atomic E-state index is 0.193. The lowest BCUT2D eigenvalue weighted by molar-refractivity contribution is -0.139. The highest BCUT2D eigenvalue weighted by Gasteiger charge is 2.33. The highest BCUT2D eigenvalue weighted by molar-refractivity contribution is 7.07. The number of fused-ring (bicyclic) bond motifs is 1. The Balaban J connectivity index is 1.87. The van der Waals surface area contributed by atoms with Crippen LogP contribution in [0.1, 0.15) is 44.9 Å². The van der Waals surface area contributed by atoms with E-state index in [-0.39, 0.29) is 12.2 Å². The van der Waals surface area contributed by atoms with E-state index in [2.05, 4.69) is 23.7 Å². The van der Waals surface area contributed by atoms with E-state index in [0.29, 0.717) is 20.6 Å². The van der Waals surface area contributed by atoms with Gasteiger partial charge in [-0.1, -0.05) is 35.6 Å². The zero-order valence-electron chi connectivity index (χ0n) is 21.3. The minimum atomic E-state index is -0.621. The molecule has 4 rings (SSSR count). The van der Waals surface area contributed by atoms with Crippen molar-refractivity contribution in [2.24, 2.45) is 4.99 Å². The summed E-state index contributed by atoms with van der Waals surface area (Å²) in [6.07, 6.45) is 1.84. The lowest BCUT2D eigenvalue weighted by Crippen LogP contribution is -2.40. The average Bonchev–Trinajstić information content (AvgIpc) is 3.19. The van der Waals surface area contributed by atoms with Gasteiger partial charge in [-0.15, -0.1) is 0 Å². The van der Waals surface area contributed by atoms with E-state index in [1.165, 1.54) is 11.3 Å². The summed E-state index contributed by atoms with van der Waals surface area (Å²) in [4.78, 5) is 34.2. The molecule has 0 N–H and O–H groups in total. The summed E-state index contributed by atoms with van der Waals surface area (Å²) in [6, 6.07) is 14.9. The van der Waals surface area contributed by atoms with Crippen LogP contribution < -0.4 is 24.5 Å². The van der Waals surface area contributed by atoms with E-state index in [4.69, 9.17) is 9.47 Å². The molecule has 188 valence electrons. The van der Waals surface area contributed by atoms with Crippen LogP contribution in [0, 0.1) is 0 Å². The van der Waals surface area contributed by atoms with Gasteiger partial charge in [0, 0.05) is 18.8 Å². The van der Waals surface area contributed by atoms with E-state index < -0.39 is 12.0 Å². The molecule has 7 nitrogen and oxygen atoms in total. The maximum Gasteiger partial charge on any atom is 0.338 e. The fourth-order valence-electron chi connectivity index (χ4n) is 4.41. The summed E-state index contributed by atoms with van der Waals surface area (Å²) in [7, 11) is 1.62. The van der Waals surface area contributed by atoms with Crippen molar-refractivity contribution in [1.29, 1.82) is 0 Å². The Bertz CT molecular complexity index is 1450. The largest absolute Gasteiger partial charge is 0.497 e. The number of nitrogens with zero attached hydrogens (tertiary/aromatic N) is 3. The van der Waals surface area contributed by atoms with E-state index in [0.717, 1.165) is 35.7 Å². The van der Waals surface area contributed by atoms with Gasteiger partial charge in [0.25, 0.3) is 5.56 Å². The summed E-state index contributed by atoms with van der Waals surface area (Å²) in [6.45, 7) is 9.82. The van der Waals surface area contributed by atoms with Crippen molar-refractivity contribution < 1.29 is 14.3 Å². The molecule has 0 bridgehead atoms. The van der Waals surface area contributed by atoms with Gasteiger partial charge in [-0.3, -0.25) is 9.36 Å². The van der Waals surface area contributed by atoms with Crippen LogP contribution in [0.5, 0.6) is 5.75 Å². The number of carbonyl (C=O) groups is 1. The molecular weight excluding hydrogens is 474 g/mol. The number of ether oxygens (including phenoxy) is 2. The van der Waals surface area contributed by atoms with Crippen molar-refractivity contribution in [3.05, 3.63) is 90.6 Å². The van der Waals surface area contributed by atoms with Gasteiger partial charge in [0.1, 0.15) is 5.75 Å². The van der Waals surface area contributed by atoms with Gasteiger partial charge in [-0.05, 0) is 69.2 Å². The van der Waals surface area contributed by atoms with E-state index >= 15 is 0 Å². The van der Waals surface area contributed by atoms with Crippen LogP contribution in [-0.4, -0.2) is 37.3 Å². The molecule has 2 heterocycles. The quantitative estimate of drug-likeness (QED) is 0.437. The highest BCUT2D eigenvalue weighted by Crippen LogP contribution is 2.31. The van der Waals surface area contributed by atoms with Gasteiger partial charge in [0.2, 0.25) is 0 Å². The van der Waals surface area contributed by atoms with Crippen LogP contribution >= 0.6 is 11.3 Å². The SMILES string of the molecule is CCOC(=O)C1=C(C)N=c2sc(=Cc3ccc(OC)cc3)c(=O)n2C1c1ccc(N(CC)CC)cc1. The van der Waals surface area contributed by atoms with Gasteiger partial charge >= 0.3 is 5.97 Å². The van der Waals surface area contributed by atoms with Gasteiger partial charge in [-0.2, -0.15) is 0 Å². The lowest BCUT2D eigenvalue weighted by Gasteiger charge is -2.26. The fraction of sp³-hybridized carbons (Fsp3) is 0.321. The first kappa shape index (κ1) is 25.4. The second-order valence-corrected chi connectivity index (χ2v) is 9.35. The molecule has 0 spiro atoms. The summed E-state index contributed by atoms with van der Waals surface area (Å²) >= 11 is 1.31. The van der Waals surface area contributed by atoms with Crippen molar-refractivity contribution in [2.75, 3.05) is 31.7 Å². The number of methoxy groups -OCH3 is 1. The zero-order valence-corrected chi connectivity index (χ0v) is 22.1. The fourth-order valence-corrected chi connectivity index (χ4v) is 5.46. The predicted octanol–water partition coefficient (Wildman–Crippen LogP) is 3.65. The van der Waals surface area contributed by atoms with Gasteiger partial charge in [0.05, 0.1) is 35.6 Å². The summed E-state index contributed by atoms with van der Waals surface area (Å²) in [5.74, 6) is 0.289. The molecule has 36 heavy (non-hydrogen) atoms. The predicted molar refractivity (Wildman–Crippen MR) is 143 cm³/mol. The molecule has 3 aromatic rings. The number of allylic oxidation sites excluding steroid dienone is 1. The molecule has 0 saturated carbocycles. The van der Waals surface area contributed by atoms with Crippen molar-refractivity contribution >= 4 is 29.1 Å². The molecule has 1 aliphatic rings. The van der Waals surface area contributed by atoms with Crippen molar-refractivity contribution in [1.82, 2.24) is 4.57 Å². The smallest absolute Gasteiger partial charge is 0.338 e. The van der Waals surface area contributed by atoms with Crippen LogP contribution in [-0.2, 0) is 9.53 Å². The monoisotopic (exact) mass is 505 g/mol. The number of aromatic nitrogens is 1. The molecule has 1 aromatic heterocycles. The molecule has 0 saturated heterocycles. The molecule has 1 atom stereocenters. The maximum atomic E-state index is 13.7. The van der Waals surface area contributed by atoms with Crippen LogP contribution in [0.15, 0.2) is 69.6 Å². The number of carbonyl (C=O) groups excluding carboxylic acids is 1. The Hall–Kier alpha value is -3.65. The van der Waals surface area contributed by atoms with Crippen molar-refractivity contribution in [3.8, 4) is 5.75 Å². The number of thiazole rings is 1. The third-order valence-electron chi connectivity index (χ3n) is 6.27. The van der Waals surface area contributed by atoms with Crippen LogP contribution in [0.25, 0.3) is 6.08 Å². The molecule has 0 amide bonds. The number of esters is 1. The van der Waals surface area contributed by atoms with E-state index in [9.17, 15) is 9.59 Å². The van der Waals surface area contributed by atoms with Crippen LogP contribution in [0.4, 0.5) is 5.69 Å². The molecular formula is C28H31N3O4S. The maximum absolute atomic E-state index is 13.7. The minimum Gasteiger partial charge on any atom is -0.497 e. The van der Waals surface area contributed by atoms with E-state index in [1.807, 2.05) is 54.6 Å². The molecule has 0 fully saturated rings. The standard InChI is InChI=1S/C28H31N3O4S/c1-6-30(7-2)21-13-11-20(12-14-21)25-24(27(33)35-8-3)18(4)29-28-31(25)26(32)23(36-28)17-19-9-15-22(34-5)16-10-19/h9-17,25H,6-8H2,1-5H3. The lowest BCUT2D eigenvalue weighted by atomic mass is 9.95. The Kier molecular flexibility index (Phi) is 7.74. The molecule has 1 unspecified atom stereocenters. The number of rotatable bonds is 8.